The first kappa shape index (κ1) is 12.8. The Balaban J connectivity index is 2.60. The van der Waals surface area contributed by atoms with Crippen molar-refractivity contribution in [3.8, 4) is 5.75 Å². The lowest BCUT2D eigenvalue weighted by molar-refractivity contribution is -0.141. The molecule has 0 aliphatic rings. The van der Waals surface area contributed by atoms with Gasteiger partial charge in [0, 0.05) is 6.07 Å². The molecule has 88 valence electrons. The minimum absolute atomic E-state index is 0.0909. The minimum atomic E-state index is -0.470. The van der Waals surface area contributed by atoms with Crippen LogP contribution in [0.2, 0.25) is 0 Å². The van der Waals surface area contributed by atoms with Crippen LogP contribution in [0.1, 0.15) is 6.42 Å². The van der Waals surface area contributed by atoms with E-state index in [4.69, 9.17) is 10.5 Å². The molecule has 4 nitrogen and oxygen atoms in total. The standard InChI is InChI=1S/C10H11BrFNO3/c1-15-10(14)2-3-16-9-5-7(12)6(11)4-8(9)13/h4-5H,2-3,13H2,1H3. The average molecular weight is 292 g/mol. The van der Waals surface area contributed by atoms with Crippen LogP contribution in [0.4, 0.5) is 10.1 Å². The Hall–Kier alpha value is -1.30. The molecule has 0 unspecified atom stereocenters. The summed E-state index contributed by atoms with van der Waals surface area (Å²) in [4.78, 5) is 10.8. The van der Waals surface area contributed by atoms with Gasteiger partial charge in [0.15, 0.2) is 0 Å². The third kappa shape index (κ3) is 3.37. The lowest BCUT2D eigenvalue weighted by atomic mass is 10.3. The second-order valence-electron chi connectivity index (χ2n) is 2.98. The van der Waals surface area contributed by atoms with Gasteiger partial charge in [-0.3, -0.25) is 4.79 Å². The fraction of sp³-hybridized carbons (Fsp3) is 0.300. The maximum atomic E-state index is 13.1. The third-order valence-electron chi connectivity index (χ3n) is 1.84. The van der Waals surface area contributed by atoms with E-state index in [1.807, 2.05) is 0 Å². The van der Waals surface area contributed by atoms with Crippen LogP contribution < -0.4 is 10.5 Å². The number of halogens is 2. The Kier molecular flexibility index (Phi) is 4.54. The normalized spacial score (nSPS) is 9.94. The zero-order valence-corrected chi connectivity index (χ0v) is 10.2. The number of carbonyl (C=O) groups is 1. The van der Waals surface area contributed by atoms with Gasteiger partial charge in [-0.15, -0.1) is 0 Å². The van der Waals surface area contributed by atoms with Gasteiger partial charge in [-0.2, -0.15) is 0 Å². The van der Waals surface area contributed by atoms with Crippen molar-refractivity contribution in [1.29, 1.82) is 0 Å². The summed E-state index contributed by atoms with van der Waals surface area (Å²) in [6.07, 6.45) is 0.0909. The topological polar surface area (TPSA) is 61.5 Å². The Morgan fingerprint density at radius 1 is 1.56 bits per heavy atom. The molecule has 0 amide bonds. The molecule has 0 aliphatic heterocycles. The smallest absolute Gasteiger partial charge is 0.308 e. The van der Waals surface area contributed by atoms with Crippen molar-refractivity contribution in [1.82, 2.24) is 0 Å². The largest absolute Gasteiger partial charge is 0.491 e. The maximum Gasteiger partial charge on any atom is 0.308 e. The van der Waals surface area contributed by atoms with E-state index in [-0.39, 0.29) is 23.2 Å². The molecule has 1 aromatic carbocycles. The SMILES string of the molecule is COC(=O)CCOc1cc(F)c(Br)cc1N. The fourth-order valence-electron chi connectivity index (χ4n) is 1.02. The number of hydrogen-bond donors (Lipinski definition) is 1. The highest BCUT2D eigenvalue weighted by Gasteiger charge is 2.08. The maximum absolute atomic E-state index is 13.1. The van der Waals surface area contributed by atoms with Crippen molar-refractivity contribution in [2.45, 2.75) is 6.42 Å². The molecule has 0 aliphatic carbocycles. The second kappa shape index (κ2) is 5.69. The lowest BCUT2D eigenvalue weighted by Gasteiger charge is -2.09. The Morgan fingerprint density at radius 3 is 2.88 bits per heavy atom. The zero-order chi connectivity index (χ0) is 12.1. The molecular weight excluding hydrogens is 281 g/mol. The van der Waals surface area contributed by atoms with E-state index < -0.39 is 11.8 Å². The molecule has 0 saturated heterocycles. The predicted molar refractivity (Wildman–Crippen MR) is 60.6 cm³/mol. The molecule has 0 atom stereocenters. The van der Waals surface area contributed by atoms with E-state index in [2.05, 4.69) is 20.7 Å². The highest BCUT2D eigenvalue weighted by molar-refractivity contribution is 9.10. The summed E-state index contributed by atoms with van der Waals surface area (Å²) in [6, 6.07) is 2.57. The molecule has 6 heteroatoms. The van der Waals surface area contributed by atoms with Gasteiger partial charge in [-0.25, -0.2) is 4.39 Å². The van der Waals surface area contributed by atoms with Gasteiger partial charge in [0.25, 0.3) is 0 Å². The Morgan fingerprint density at radius 2 is 2.25 bits per heavy atom. The van der Waals surface area contributed by atoms with Crippen LogP contribution >= 0.6 is 15.9 Å². The number of rotatable bonds is 4. The first-order valence-electron chi connectivity index (χ1n) is 4.48. The molecule has 1 rings (SSSR count). The van der Waals surface area contributed by atoms with Crippen molar-refractivity contribution >= 4 is 27.6 Å². The van der Waals surface area contributed by atoms with Crippen LogP contribution in [0.5, 0.6) is 5.75 Å². The number of ether oxygens (including phenoxy) is 2. The molecule has 2 N–H and O–H groups in total. The van der Waals surface area contributed by atoms with Gasteiger partial charge in [0.1, 0.15) is 11.6 Å². The van der Waals surface area contributed by atoms with E-state index in [0.29, 0.717) is 5.69 Å². The molecule has 0 fully saturated rings. The zero-order valence-electron chi connectivity index (χ0n) is 8.63. The molecule has 0 bridgehead atoms. The molecule has 0 aromatic heterocycles. The van der Waals surface area contributed by atoms with Crippen LogP contribution in [0.25, 0.3) is 0 Å². The van der Waals surface area contributed by atoms with E-state index in [0.717, 1.165) is 6.07 Å². The number of carbonyl (C=O) groups excluding carboxylic acids is 1. The first-order chi connectivity index (χ1) is 7.54. The van der Waals surface area contributed by atoms with Crippen molar-refractivity contribution in [2.75, 3.05) is 19.5 Å². The van der Waals surface area contributed by atoms with Gasteiger partial charge >= 0.3 is 5.97 Å². The van der Waals surface area contributed by atoms with Crippen molar-refractivity contribution in [3.63, 3.8) is 0 Å². The van der Waals surface area contributed by atoms with Gasteiger partial charge in [0.05, 0.1) is 30.3 Å². The van der Waals surface area contributed by atoms with Crippen LogP contribution in [0.15, 0.2) is 16.6 Å². The summed E-state index contributed by atoms with van der Waals surface area (Å²) in [5.41, 5.74) is 5.91. The van der Waals surface area contributed by atoms with Crippen molar-refractivity contribution < 1.29 is 18.7 Å². The Labute approximate surface area is 101 Å². The minimum Gasteiger partial charge on any atom is -0.491 e. The van der Waals surface area contributed by atoms with E-state index >= 15 is 0 Å². The molecule has 0 radical (unpaired) electrons. The molecule has 0 heterocycles. The Bertz CT molecular complexity index is 398. The molecule has 0 spiro atoms. The fourth-order valence-corrected chi connectivity index (χ4v) is 1.38. The summed E-state index contributed by atoms with van der Waals surface area (Å²) in [7, 11) is 1.29. The molecule has 1 aromatic rings. The number of benzene rings is 1. The summed E-state index contributed by atoms with van der Waals surface area (Å²) in [6.45, 7) is 0.0952. The number of hydrogen-bond acceptors (Lipinski definition) is 4. The number of methoxy groups -OCH3 is 1. The number of anilines is 1. The average Bonchev–Trinajstić information content (AvgIpc) is 2.25. The summed E-state index contributed by atoms with van der Waals surface area (Å²) in [5, 5.41) is 0. The number of nitrogen functional groups attached to an aromatic ring is 1. The second-order valence-corrected chi connectivity index (χ2v) is 3.83. The number of esters is 1. The highest BCUT2D eigenvalue weighted by Crippen LogP contribution is 2.28. The quantitative estimate of drug-likeness (QED) is 0.682. The van der Waals surface area contributed by atoms with Crippen LogP contribution in [0, 0.1) is 5.82 Å². The molecule has 16 heavy (non-hydrogen) atoms. The number of nitrogens with two attached hydrogens (primary N) is 1. The van der Waals surface area contributed by atoms with Crippen LogP contribution in [-0.2, 0) is 9.53 Å². The third-order valence-corrected chi connectivity index (χ3v) is 2.45. The summed E-state index contributed by atoms with van der Waals surface area (Å²) in [5.74, 6) is -0.650. The monoisotopic (exact) mass is 291 g/mol. The van der Waals surface area contributed by atoms with Gasteiger partial charge in [-0.05, 0) is 22.0 Å². The van der Waals surface area contributed by atoms with Gasteiger partial charge in [0.2, 0.25) is 0 Å². The molecule has 0 saturated carbocycles. The predicted octanol–water partition coefficient (Wildman–Crippen LogP) is 2.11. The summed E-state index contributed by atoms with van der Waals surface area (Å²) < 4.78 is 23.0. The van der Waals surface area contributed by atoms with E-state index in [1.165, 1.54) is 13.2 Å². The highest BCUT2D eigenvalue weighted by atomic mass is 79.9. The van der Waals surface area contributed by atoms with E-state index in [1.54, 1.807) is 0 Å². The van der Waals surface area contributed by atoms with Crippen molar-refractivity contribution in [2.24, 2.45) is 0 Å². The van der Waals surface area contributed by atoms with Crippen LogP contribution in [0.3, 0.4) is 0 Å². The first-order valence-corrected chi connectivity index (χ1v) is 5.28. The van der Waals surface area contributed by atoms with Crippen LogP contribution in [-0.4, -0.2) is 19.7 Å². The van der Waals surface area contributed by atoms with Gasteiger partial charge in [-0.1, -0.05) is 0 Å². The van der Waals surface area contributed by atoms with Crippen molar-refractivity contribution in [3.05, 3.63) is 22.4 Å². The molecular formula is C10H11BrFNO3. The summed E-state index contributed by atoms with van der Waals surface area (Å²) >= 11 is 3.00. The van der Waals surface area contributed by atoms with E-state index in [9.17, 15) is 9.18 Å². The lowest BCUT2D eigenvalue weighted by Crippen LogP contribution is -2.08. The van der Waals surface area contributed by atoms with Gasteiger partial charge < -0.3 is 15.2 Å².